The van der Waals surface area contributed by atoms with E-state index in [0.717, 1.165) is 34.8 Å². The van der Waals surface area contributed by atoms with E-state index in [1.54, 1.807) is 7.11 Å². The van der Waals surface area contributed by atoms with E-state index in [1.165, 1.54) is 0 Å². The van der Waals surface area contributed by atoms with Gasteiger partial charge < -0.3 is 14.6 Å². The molecule has 3 rings (SSSR count). The van der Waals surface area contributed by atoms with Crippen LogP contribution < -0.4 is 10.1 Å². The lowest BCUT2D eigenvalue weighted by Crippen LogP contribution is -2.32. The quantitative estimate of drug-likeness (QED) is 0.585. The van der Waals surface area contributed by atoms with Gasteiger partial charge in [0.05, 0.1) is 29.1 Å². The molecule has 1 aromatic heterocycles. The number of carbonyl (C=O) groups excluding carboxylic acids is 1. The minimum atomic E-state index is -0.0765. The second-order valence-electron chi connectivity index (χ2n) is 6.83. The van der Waals surface area contributed by atoms with Gasteiger partial charge in [-0.15, -0.1) is 0 Å². The Morgan fingerprint density at radius 3 is 2.46 bits per heavy atom. The van der Waals surface area contributed by atoms with Crippen molar-refractivity contribution in [1.82, 2.24) is 9.88 Å². The first-order valence-corrected chi connectivity index (χ1v) is 9.76. The molecule has 4 nitrogen and oxygen atoms in total. The van der Waals surface area contributed by atoms with Crippen molar-refractivity contribution in [3.63, 3.8) is 0 Å². The number of aromatic nitrogens is 1. The molecule has 0 radical (unpaired) electrons. The lowest BCUT2D eigenvalue weighted by molar-refractivity contribution is 0.0938. The summed E-state index contributed by atoms with van der Waals surface area (Å²) in [5.74, 6) is 0.707. The molecule has 0 bridgehead atoms. The predicted octanol–water partition coefficient (Wildman–Crippen LogP) is 5.64. The number of hydrogen-bond donors (Lipinski definition) is 1. The summed E-state index contributed by atoms with van der Waals surface area (Å²) in [5.41, 5.74) is 4.22. The number of para-hydroxylation sites is 1. The Morgan fingerprint density at radius 1 is 1.18 bits per heavy atom. The van der Waals surface area contributed by atoms with Crippen molar-refractivity contribution in [3.8, 4) is 22.7 Å². The molecule has 28 heavy (non-hydrogen) atoms. The Kier molecular flexibility index (Phi) is 6.10. The second-order valence-corrected chi connectivity index (χ2v) is 7.23. The highest BCUT2D eigenvalue weighted by atomic mass is 35.5. The maximum absolute atomic E-state index is 12.9. The van der Waals surface area contributed by atoms with Crippen molar-refractivity contribution < 1.29 is 9.53 Å². The van der Waals surface area contributed by atoms with Crippen LogP contribution in [0.4, 0.5) is 0 Å². The van der Waals surface area contributed by atoms with Gasteiger partial charge in [-0.25, -0.2) is 0 Å². The first-order chi connectivity index (χ1) is 13.5. The highest BCUT2D eigenvalue weighted by Crippen LogP contribution is 2.33. The van der Waals surface area contributed by atoms with Gasteiger partial charge in [-0.1, -0.05) is 30.7 Å². The summed E-state index contributed by atoms with van der Waals surface area (Å²) >= 11 is 6.49. The van der Waals surface area contributed by atoms with E-state index >= 15 is 0 Å². The number of amides is 1. The molecule has 0 aliphatic heterocycles. The van der Waals surface area contributed by atoms with Crippen molar-refractivity contribution in [2.24, 2.45) is 0 Å². The highest BCUT2D eigenvalue weighted by molar-refractivity contribution is 6.32. The zero-order chi connectivity index (χ0) is 20.3. The molecule has 3 aromatic rings. The van der Waals surface area contributed by atoms with Crippen LogP contribution in [0.1, 0.15) is 36.3 Å². The summed E-state index contributed by atoms with van der Waals surface area (Å²) < 4.78 is 7.31. The minimum absolute atomic E-state index is 0.0765. The SMILES string of the molecule is CCC(C)NC(=O)c1cc(-c2ccc(OC)cc2)n(-c2ccccc2Cl)c1C. The fraction of sp³-hybridized carbons (Fsp3) is 0.261. The molecule has 1 atom stereocenters. The minimum Gasteiger partial charge on any atom is -0.497 e. The molecule has 5 heteroatoms. The summed E-state index contributed by atoms with van der Waals surface area (Å²) in [6.07, 6.45) is 0.876. The van der Waals surface area contributed by atoms with Crippen LogP contribution in [0, 0.1) is 6.92 Å². The van der Waals surface area contributed by atoms with Crippen LogP contribution in [0.3, 0.4) is 0 Å². The van der Waals surface area contributed by atoms with E-state index in [1.807, 2.05) is 73.0 Å². The van der Waals surface area contributed by atoms with E-state index in [-0.39, 0.29) is 11.9 Å². The van der Waals surface area contributed by atoms with E-state index in [4.69, 9.17) is 16.3 Å². The summed E-state index contributed by atoms with van der Waals surface area (Å²) in [7, 11) is 1.64. The van der Waals surface area contributed by atoms with Crippen LogP contribution in [-0.4, -0.2) is 23.6 Å². The molecule has 0 saturated carbocycles. The lowest BCUT2D eigenvalue weighted by atomic mass is 10.1. The van der Waals surface area contributed by atoms with Crippen molar-refractivity contribution in [3.05, 3.63) is 70.9 Å². The molecule has 1 heterocycles. The van der Waals surface area contributed by atoms with Gasteiger partial charge in [0.2, 0.25) is 0 Å². The number of halogens is 1. The standard InChI is InChI=1S/C23H25ClN2O2/c1-5-15(2)25-23(27)19-14-22(17-10-12-18(28-4)13-11-17)26(16(19)3)21-9-7-6-8-20(21)24/h6-15H,5H2,1-4H3,(H,25,27). The Bertz CT molecular complexity index is 977. The van der Waals surface area contributed by atoms with Gasteiger partial charge in [-0.3, -0.25) is 4.79 Å². The Hall–Kier alpha value is -2.72. The van der Waals surface area contributed by atoms with Crippen LogP contribution in [0.2, 0.25) is 5.02 Å². The normalized spacial score (nSPS) is 11.9. The maximum Gasteiger partial charge on any atom is 0.253 e. The molecule has 1 amide bonds. The lowest BCUT2D eigenvalue weighted by Gasteiger charge is -2.15. The van der Waals surface area contributed by atoms with E-state index in [0.29, 0.717) is 10.6 Å². The Balaban J connectivity index is 2.17. The molecular weight excluding hydrogens is 372 g/mol. The Morgan fingerprint density at radius 2 is 1.86 bits per heavy atom. The first kappa shape index (κ1) is 20.0. The highest BCUT2D eigenvalue weighted by Gasteiger charge is 2.21. The van der Waals surface area contributed by atoms with Gasteiger partial charge in [0.1, 0.15) is 5.75 Å². The molecule has 0 spiro atoms. The van der Waals surface area contributed by atoms with Crippen molar-refractivity contribution in [2.75, 3.05) is 7.11 Å². The maximum atomic E-state index is 12.9. The van der Waals surface area contributed by atoms with Gasteiger partial charge in [0.15, 0.2) is 0 Å². The van der Waals surface area contributed by atoms with Gasteiger partial charge in [0, 0.05) is 11.7 Å². The molecular formula is C23H25ClN2O2. The number of nitrogens with zero attached hydrogens (tertiary/aromatic N) is 1. The molecule has 0 aliphatic carbocycles. The van der Waals surface area contributed by atoms with Crippen LogP contribution >= 0.6 is 11.6 Å². The zero-order valence-corrected chi connectivity index (χ0v) is 17.4. The van der Waals surface area contributed by atoms with Crippen LogP contribution in [0.25, 0.3) is 16.9 Å². The third-order valence-electron chi connectivity index (χ3n) is 4.96. The molecule has 0 aliphatic rings. The molecule has 1 N–H and O–H groups in total. The predicted molar refractivity (Wildman–Crippen MR) is 115 cm³/mol. The average molecular weight is 397 g/mol. The zero-order valence-electron chi connectivity index (χ0n) is 16.6. The summed E-state index contributed by atoms with van der Waals surface area (Å²) in [6.45, 7) is 6.00. The van der Waals surface area contributed by atoms with Crippen LogP contribution in [0.15, 0.2) is 54.6 Å². The Labute approximate surface area is 171 Å². The monoisotopic (exact) mass is 396 g/mol. The van der Waals surface area contributed by atoms with E-state index in [2.05, 4.69) is 12.2 Å². The van der Waals surface area contributed by atoms with Crippen molar-refractivity contribution >= 4 is 17.5 Å². The van der Waals surface area contributed by atoms with Gasteiger partial charge in [-0.05, 0) is 68.3 Å². The number of ether oxygens (including phenoxy) is 1. The van der Waals surface area contributed by atoms with Crippen molar-refractivity contribution in [2.45, 2.75) is 33.2 Å². The van der Waals surface area contributed by atoms with E-state index in [9.17, 15) is 4.79 Å². The average Bonchev–Trinajstić information content (AvgIpc) is 3.05. The first-order valence-electron chi connectivity index (χ1n) is 9.38. The van der Waals surface area contributed by atoms with Crippen LogP contribution in [-0.2, 0) is 0 Å². The summed E-state index contributed by atoms with van der Waals surface area (Å²) in [5, 5.41) is 3.69. The number of methoxy groups -OCH3 is 1. The fourth-order valence-corrected chi connectivity index (χ4v) is 3.38. The smallest absolute Gasteiger partial charge is 0.253 e. The molecule has 146 valence electrons. The molecule has 0 fully saturated rings. The van der Waals surface area contributed by atoms with Gasteiger partial charge in [-0.2, -0.15) is 0 Å². The number of nitrogens with one attached hydrogen (secondary N) is 1. The largest absolute Gasteiger partial charge is 0.497 e. The van der Waals surface area contributed by atoms with Crippen LogP contribution in [0.5, 0.6) is 5.75 Å². The molecule has 1 unspecified atom stereocenters. The molecule has 2 aromatic carbocycles. The summed E-state index contributed by atoms with van der Waals surface area (Å²) in [4.78, 5) is 12.9. The van der Waals surface area contributed by atoms with Gasteiger partial charge in [0.25, 0.3) is 5.91 Å². The third-order valence-corrected chi connectivity index (χ3v) is 5.28. The number of hydrogen-bond acceptors (Lipinski definition) is 2. The second kappa shape index (κ2) is 8.53. The van der Waals surface area contributed by atoms with Crippen molar-refractivity contribution in [1.29, 1.82) is 0 Å². The fourth-order valence-electron chi connectivity index (χ4n) is 3.16. The summed E-state index contributed by atoms with van der Waals surface area (Å²) in [6, 6.07) is 17.5. The van der Waals surface area contributed by atoms with E-state index < -0.39 is 0 Å². The number of carbonyl (C=O) groups is 1. The number of benzene rings is 2. The number of rotatable bonds is 6. The molecule has 0 saturated heterocycles. The van der Waals surface area contributed by atoms with Gasteiger partial charge >= 0.3 is 0 Å². The third kappa shape index (κ3) is 3.92. The topological polar surface area (TPSA) is 43.3 Å².